The largest absolute Gasteiger partial charge is 0.406 e. The number of imidazole rings is 2. The van der Waals surface area contributed by atoms with Crippen molar-refractivity contribution in [1.82, 2.24) is 24.1 Å². The summed E-state index contributed by atoms with van der Waals surface area (Å²) in [6, 6.07) is 8.72. The van der Waals surface area contributed by atoms with Crippen LogP contribution >= 0.6 is 0 Å². The Kier molecular flexibility index (Phi) is 3.38. The van der Waals surface area contributed by atoms with Crippen molar-refractivity contribution in [3.05, 3.63) is 59.0 Å². The molecule has 9 heteroatoms. The van der Waals surface area contributed by atoms with Crippen LogP contribution < -0.4 is 5.69 Å². The lowest BCUT2D eigenvalue weighted by Crippen LogP contribution is -2.30. The highest BCUT2D eigenvalue weighted by Crippen LogP contribution is 2.21. The van der Waals surface area contributed by atoms with Crippen molar-refractivity contribution in [2.45, 2.75) is 19.3 Å². The molecule has 0 radical (unpaired) electrons. The summed E-state index contributed by atoms with van der Waals surface area (Å²) in [5.74, 6) is 0.484. The Labute approximate surface area is 138 Å². The Balaban J connectivity index is 1.84. The van der Waals surface area contributed by atoms with Gasteiger partial charge in [-0.1, -0.05) is 12.1 Å². The highest BCUT2D eigenvalue weighted by molar-refractivity contribution is 5.76. The molecule has 0 bridgehead atoms. The summed E-state index contributed by atoms with van der Waals surface area (Å²) < 4.78 is 40.4. The third kappa shape index (κ3) is 2.77. The Hall–Kier alpha value is -3.10. The van der Waals surface area contributed by atoms with Crippen LogP contribution in [0.1, 0.15) is 5.82 Å². The Bertz CT molecular complexity index is 1090. The fraction of sp³-hybridized carbons (Fsp3) is 0.188. The second kappa shape index (κ2) is 5.47. The highest BCUT2D eigenvalue weighted by Gasteiger charge is 2.30. The Morgan fingerprint density at radius 3 is 2.64 bits per heavy atom. The first-order chi connectivity index (χ1) is 11.9. The average molecular weight is 347 g/mol. The van der Waals surface area contributed by atoms with Gasteiger partial charge in [0.05, 0.1) is 34.8 Å². The van der Waals surface area contributed by atoms with Gasteiger partial charge in [0.25, 0.3) is 0 Å². The maximum absolute atomic E-state index is 12.8. The SMILES string of the molecule is O=c1n(Cc2nc3ccccc3[nH]2)c2cnccc2n1CC(F)(F)F. The van der Waals surface area contributed by atoms with Crippen LogP contribution in [0.15, 0.2) is 47.5 Å². The minimum absolute atomic E-state index is 0.0283. The van der Waals surface area contributed by atoms with Crippen molar-refractivity contribution in [1.29, 1.82) is 0 Å². The fourth-order valence-electron chi connectivity index (χ4n) is 2.88. The summed E-state index contributed by atoms with van der Waals surface area (Å²) in [5, 5.41) is 0. The van der Waals surface area contributed by atoms with Gasteiger partial charge >= 0.3 is 11.9 Å². The number of fused-ring (bicyclic) bond motifs is 2. The molecule has 0 spiro atoms. The van der Waals surface area contributed by atoms with E-state index in [4.69, 9.17) is 0 Å². The molecule has 3 aromatic heterocycles. The highest BCUT2D eigenvalue weighted by atomic mass is 19.4. The normalized spacial score (nSPS) is 12.3. The van der Waals surface area contributed by atoms with Crippen LogP contribution in [0.25, 0.3) is 22.1 Å². The van der Waals surface area contributed by atoms with Gasteiger partial charge in [-0.05, 0) is 18.2 Å². The summed E-state index contributed by atoms with van der Waals surface area (Å²) in [7, 11) is 0. The Morgan fingerprint density at radius 2 is 1.88 bits per heavy atom. The monoisotopic (exact) mass is 347 g/mol. The van der Waals surface area contributed by atoms with Crippen molar-refractivity contribution < 1.29 is 13.2 Å². The van der Waals surface area contributed by atoms with E-state index in [1.54, 1.807) is 0 Å². The number of rotatable bonds is 3. The van der Waals surface area contributed by atoms with Crippen molar-refractivity contribution in [2.24, 2.45) is 0 Å². The number of aromatic nitrogens is 5. The zero-order chi connectivity index (χ0) is 17.6. The number of H-pyrrole nitrogens is 1. The van der Waals surface area contributed by atoms with E-state index in [2.05, 4.69) is 15.0 Å². The number of hydrogen-bond acceptors (Lipinski definition) is 3. The van der Waals surface area contributed by atoms with Crippen LogP contribution in [-0.4, -0.2) is 30.3 Å². The number of benzene rings is 1. The number of hydrogen-bond donors (Lipinski definition) is 1. The molecule has 1 aromatic carbocycles. The molecule has 0 aliphatic heterocycles. The standard InChI is InChI=1S/C16H12F3N5O/c17-16(18,19)9-24-12-5-6-20-7-13(12)23(15(24)25)8-14-21-10-3-1-2-4-11(10)22-14/h1-7H,8-9H2,(H,21,22). The van der Waals surface area contributed by atoms with Gasteiger partial charge < -0.3 is 4.98 Å². The van der Waals surface area contributed by atoms with E-state index < -0.39 is 18.4 Å². The second-order valence-electron chi connectivity index (χ2n) is 5.64. The maximum Gasteiger partial charge on any atom is 0.406 e. The number of halogens is 3. The van der Waals surface area contributed by atoms with Crippen molar-refractivity contribution in [3.63, 3.8) is 0 Å². The number of para-hydroxylation sites is 2. The summed E-state index contributed by atoms with van der Waals surface area (Å²) in [4.78, 5) is 23.9. The van der Waals surface area contributed by atoms with E-state index in [1.165, 1.54) is 23.0 Å². The van der Waals surface area contributed by atoms with Crippen LogP contribution in [-0.2, 0) is 13.1 Å². The molecular weight excluding hydrogens is 335 g/mol. The fourth-order valence-corrected chi connectivity index (χ4v) is 2.88. The predicted molar refractivity (Wildman–Crippen MR) is 85.2 cm³/mol. The van der Waals surface area contributed by atoms with E-state index in [9.17, 15) is 18.0 Å². The lowest BCUT2D eigenvalue weighted by molar-refractivity contribution is -0.140. The first-order valence-electron chi connectivity index (χ1n) is 7.46. The topological polar surface area (TPSA) is 68.5 Å². The molecule has 0 saturated carbocycles. The molecule has 0 aliphatic carbocycles. The van der Waals surface area contributed by atoms with E-state index in [0.29, 0.717) is 15.9 Å². The van der Waals surface area contributed by atoms with Gasteiger partial charge in [0, 0.05) is 6.20 Å². The zero-order valence-electron chi connectivity index (χ0n) is 12.8. The van der Waals surface area contributed by atoms with Crippen LogP contribution in [0.4, 0.5) is 13.2 Å². The van der Waals surface area contributed by atoms with E-state index in [-0.39, 0.29) is 12.1 Å². The van der Waals surface area contributed by atoms with Crippen LogP contribution in [0.5, 0.6) is 0 Å². The molecule has 0 aliphatic rings. The number of nitrogens with one attached hydrogen (secondary N) is 1. The molecule has 1 N–H and O–H groups in total. The first-order valence-corrected chi connectivity index (χ1v) is 7.46. The lowest BCUT2D eigenvalue weighted by Gasteiger charge is -2.06. The van der Waals surface area contributed by atoms with Gasteiger partial charge in [-0.15, -0.1) is 0 Å². The Morgan fingerprint density at radius 1 is 1.08 bits per heavy atom. The van der Waals surface area contributed by atoms with Gasteiger partial charge in [-0.25, -0.2) is 9.78 Å². The smallest absolute Gasteiger partial charge is 0.340 e. The zero-order valence-corrected chi connectivity index (χ0v) is 12.8. The van der Waals surface area contributed by atoms with E-state index in [1.807, 2.05) is 24.3 Å². The average Bonchev–Trinajstić information content (AvgIpc) is 3.08. The van der Waals surface area contributed by atoms with Crippen molar-refractivity contribution >= 4 is 22.1 Å². The minimum atomic E-state index is -4.49. The second-order valence-corrected chi connectivity index (χ2v) is 5.64. The molecule has 3 heterocycles. The summed E-state index contributed by atoms with van der Waals surface area (Å²) in [6.45, 7) is -1.32. The van der Waals surface area contributed by atoms with Gasteiger partial charge in [0.1, 0.15) is 12.4 Å². The molecule has 6 nitrogen and oxygen atoms in total. The molecule has 25 heavy (non-hydrogen) atoms. The molecule has 0 saturated heterocycles. The number of nitrogens with zero attached hydrogens (tertiary/aromatic N) is 4. The number of pyridine rings is 1. The summed E-state index contributed by atoms with van der Waals surface area (Å²) in [5.41, 5.74) is 1.29. The van der Waals surface area contributed by atoms with Gasteiger partial charge in [0.2, 0.25) is 0 Å². The maximum atomic E-state index is 12.8. The third-order valence-corrected chi connectivity index (χ3v) is 3.90. The summed E-state index contributed by atoms with van der Waals surface area (Å²) in [6.07, 6.45) is -1.75. The predicted octanol–water partition coefficient (Wildman–Crippen LogP) is 2.68. The summed E-state index contributed by atoms with van der Waals surface area (Å²) >= 11 is 0. The molecule has 128 valence electrons. The molecule has 0 fully saturated rings. The van der Waals surface area contributed by atoms with Crippen LogP contribution in [0.3, 0.4) is 0 Å². The number of aromatic amines is 1. The lowest BCUT2D eigenvalue weighted by atomic mass is 10.3. The quantitative estimate of drug-likeness (QED) is 0.620. The van der Waals surface area contributed by atoms with Crippen LogP contribution in [0, 0.1) is 0 Å². The van der Waals surface area contributed by atoms with E-state index >= 15 is 0 Å². The first kappa shape index (κ1) is 15.4. The van der Waals surface area contributed by atoms with Crippen LogP contribution in [0.2, 0.25) is 0 Å². The van der Waals surface area contributed by atoms with Gasteiger partial charge in [-0.3, -0.25) is 14.1 Å². The molecule has 4 aromatic rings. The van der Waals surface area contributed by atoms with Gasteiger partial charge in [-0.2, -0.15) is 13.2 Å². The molecule has 0 atom stereocenters. The molecule has 4 rings (SSSR count). The van der Waals surface area contributed by atoms with Gasteiger partial charge in [0.15, 0.2) is 0 Å². The number of alkyl halides is 3. The minimum Gasteiger partial charge on any atom is -0.340 e. The van der Waals surface area contributed by atoms with E-state index in [0.717, 1.165) is 11.0 Å². The molecule has 0 amide bonds. The molecule has 0 unspecified atom stereocenters. The van der Waals surface area contributed by atoms with Crippen molar-refractivity contribution in [3.8, 4) is 0 Å². The third-order valence-electron chi connectivity index (χ3n) is 3.90. The van der Waals surface area contributed by atoms with Crippen molar-refractivity contribution in [2.75, 3.05) is 0 Å². The molecular formula is C16H12F3N5O.